The molecular formula is C15H16ClN. The molecule has 0 saturated carbocycles. The minimum Gasteiger partial charge on any atom is -0.399 e. The van der Waals surface area contributed by atoms with Crippen molar-refractivity contribution < 1.29 is 0 Å². The monoisotopic (exact) mass is 245 g/mol. The van der Waals surface area contributed by atoms with E-state index in [1.165, 1.54) is 11.1 Å². The van der Waals surface area contributed by atoms with Crippen LogP contribution in [-0.2, 0) is 12.8 Å². The molecule has 88 valence electrons. The van der Waals surface area contributed by atoms with E-state index in [1.54, 1.807) is 0 Å². The Bertz CT molecular complexity index is 520. The van der Waals surface area contributed by atoms with Gasteiger partial charge < -0.3 is 5.73 Å². The second kappa shape index (κ2) is 5.24. The maximum atomic E-state index is 6.27. The number of aryl methyl sites for hydroxylation is 3. The highest BCUT2D eigenvalue weighted by molar-refractivity contribution is 6.32. The van der Waals surface area contributed by atoms with Crippen molar-refractivity contribution in [2.45, 2.75) is 19.8 Å². The zero-order chi connectivity index (χ0) is 12.3. The van der Waals surface area contributed by atoms with E-state index in [0.29, 0.717) is 0 Å². The summed E-state index contributed by atoms with van der Waals surface area (Å²) in [5.41, 5.74) is 10.3. The molecule has 0 spiro atoms. The van der Waals surface area contributed by atoms with Gasteiger partial charge in [-0.2, -0.15) is 0 Å². The van der Waals surface area contributed by atoms with Crippen LogP contribution in [-0.4, -0.2) is 0 Å². The Morgan fingerprint density at radius 3 is 2.35 bits per heavy atom. The highest BCUT2D eigenvalue weighted by atomic mass is 35.5. The second-order valence-electron chi connectivity index (χ2n) is 4.25. The highest BCUT2D eigenvalue weighted by Crippen LogP contribution is 2.22. The van der Waals surface area contributed by atoms with Crippen LogP contribution >= 0.6 is 11.6 Å². The van der Waals surface area contributed by atoms with Crippen molar-refractivity contribution >= 4 is 17.3 Å². The van der Waals surface area contributed by atoms with Gasteiger partial charge in [-0.05, 0) is 42.5 Å². The number of rotatable bonds is 3. The van der Waals surface area contributed by atoms with Gasteiger partial charge >= 0.3 is 0 Å². The molecule has 0 fully saturated rings. The van der Waals surface area contributed by atoms with Crippen LogP contribution in [0.1, 0.15) is 16.7 Å². The summed E-state index contributed by atoms with van der Waals surface area (Å²) < 4.78 is 0. The van der Waals surface area contributed by atoms with Gasteiger partial charge in [0.15, 0.2) is 0 Å². The molecule has 0 aliphatic carbocycles. The standard InChI is InChI=1S/C15H16ClN/c1-11-5-4-7-13(15(11)16)10-9-12-6-2-3-8-14(12)17/h2-8H,9-10,17H2,1H3. The van der Waals surface area contributed by atoms with Crippen molar-refractivity contribution in [2.75, 3.05) is 5.73 Å². The number of nitrogen functional groups attached to an aromatic ring is 1. The average Bonchev–Trinajstić information content (AvgIpc) is 2.33. The number of benzene rings is 2. The first kappa shape index (κ1) is 12.0. The number of hydrogen-bond donors (Lipinski definition) is 1. The van der Waals surface area contributed by atoms with Crippen molar-refractivity contribution in [3.8, 4) is 0 Å². The fourth-order valence-corrected chi connectivity index (χ4v) is 2.15. The SMILES string of the molecule is Cc1cccc(CCc2ccccc2N)c1Cl. The number of hydrogen-bond acceptors (Lipinski definition) is 1. The molecule has 2 heteroatoms. The van der Waals surface area contributed by atoms with Gasteiger partial charge in [0.05, 0.1) is 0 Å². The predicted molar refractivity (Wildman–Crippen MR) is 74.5 cm³/mol. The summed E-state index contributed by atoms with van der Waals surface area (Å²) in [6, 6.07) is 14.1. The first-order valence-electron chi connectivity index (χ1n) is 5.76. The molecule has 0 aliphatic heterocycles. The quantitative estimate of drug-likeness (QED) is 0.813. The average molecular weight is 246 g/mol. The third kappa shape index (κ3) is 2.80. The lowest BCUT2D eigenvalue weighted by Gasteiger charge is -2.08. The van der Waals surface area contributed by atoms with Gasteiger partial charge in [0, 0.05) is 10.7 Å². The van der Waals surface area contributed by atoms with Crippen molar-refractivity contribution in [3.63, 3.8) is 0 Å². The molecule has 2 aromatic rings. The summed E-state index contributed by atoms with van der Waals surface area (Å²) in [5, 5.41) is 0.877. The van der Waals surface area contributed by atoms with Crippen molar-refractivity contribution in [1.82, 2.24) is 0 Å². The lowest BCUT2D eigenvalue weighted by Crippen LogP contribution is -1.97. The Hall–Kier alpha value is -1.47. The predicted octanol–water partition coefficient (Wildman–Crippen LogP) is 4.02. The first-order chi connectivity index (χ1) is 8.18. The Morgan fingerprint density at radius 1 is 0.941 bits per heavy atom. The number of halogens is 1. The fraction of sp³-hybridized carbons (Fsp3) is 0.200. The Morgan fingerprint density at radius 2 is 1.59 bits per heavy atom. The number of para-hydroxylation sites is 1. The van der Waals surface area contributed by atoms with Gasteiger partial charge in [-0.3, -0.25) is 0 Å². The molecule has 0 heterocycles. The van der Waals surface area contributed by atoms with E-state index >= 15 is 0 Å². The van der Waals surface area contributed by atoms with Gasteiger partial charge in [-0.15, -0.1) is 0 Å². The second-order valence-corrected chi connectivity index (χ2v) is 4.62. The summed E-state index contributed by atoms with van der Waals surface area (Å²) in [7, 11) is 0. The van der Waals surface area contributed by atoms with Crippen LogP contribution in [0.2, 0.25) is 5.02 Å². The van der Waals surface area contributed by atoms with Crippen LogP contribution < -0.4 is 5.73 Å². The van der Waals surface area contributed by atoms with E-state index in [2.05, 4.69) is 12.1 Å². The van der Waals surface area contributed by atoms with Gasteiger partial charge in [0.2, 0.25) is 0 Å². The largest absolute Gasteiger partial charge is 0.399 e. The highest BCUT2D eigenvalue weighted by Gasteiger charge is 2.04. The van der Waals surface area contributed by atoms with Crippen LogP contribution in [0.25, 0.3) is 0 Å². The summed E-state index contributed by atoms with van der Waals surface area (Å²) in [5.74, 6) is 0. The van der Waals surface area contributed by atoms with Gasteiger partial charge in [-0.1, -0.05) is 48.0 Å². The first-order valence-corrected chi connectivity index (χ1v) is 6.13. The van der Waals surface area contributed by atoms with Gasteiger partial charge in [0.1, 0.15) is 0 Å². The van der Waals surface area contributed by atoms with Crippen LogP contribution in [0, 0.1) is 6.92 Å². The van der Waals surface area contributed by atoms with Crippen LogP contribution in [0.5, 0.6) is 0 Å². The van der Waals surface area contributed by atoms with E-state index < -0.39 is 0 Å². The molecule has 0 saturated heterocycles. The van der Waals surface area contributed by atoms with E-state index in [9.17, 15) is 0 Å². The minimum atomic E-state index is 0.858. The molecule has 2 aromatic carbocycles. The molecule has 1 nitrogen and oxygen atoms in total. The van der Waals surface area contributed by atoms with Crippen LogP contribution in [0.15, 0.2) is 42.5 Å². The summed E-state index contributed by atoms with van der Waals surface area (Å²) >= 11 is 6.27. The van der Waals surface area contributed by atoms with Crippen molar-refractivity contribution in [2.24, 2.45) is 0 Å². The Kier molecular flexibility index (Phi) is 3.70. The maximum Gasteiger partial charge on any atom is 0.0467 e. The number of anilines is 1. The third-order valence-electron chi connectivity index (χ3n) is 2.99. The molecule has 2 N–H and O–H groups in total. The maximum absolute atomic E-state index is 6.27. The van der Waals surface area contributed by atoms with E-state index in [4.69, 9.17) is 17.3 Å². The zero-order valence-corrected chi connectivity index (χ0v) is 10.7. The Balaban J connectivity index is 2.13. The molecule has 2 rings (SSSR count). The summed E-state index contributed by atoms with van der Waals surface area (Å²) in [6.45, 7) is 2.03. The van der Waals surface area contributed by atoms with E-state index in [1.807, 2.05) is 37.3 Å². The molecule has 0 amide bonds. The smallest absolute Gasteiger partial charge is 0.0467 e. The molecule has 0 unspecified atom stereocenters. The normalized spacial score (nSPS) is 10.5. The molecule has 0 aliphatic rings. The topological polar surface area (TPSA) is 26.0 Å². The summed E-state index contributed by atoms with van der Waals surface area (Å²) in [6.07, 6.45) is 1.85. The molecule has 17 heavy (non-hydrogen) atoms. The lowest BCUT2D eigenvalue weighted by molar-refractivity contribution is 0.961. The van der Waals surface area contributed by atoms with Gasteiger partial charge in [0.25, 0.3) is 0 Å². The molecule has 0 radical (unpaired) electrons. The van der Waals surface area contributed by atoms with Gasteiger partial charge in [-0.25, -0.2) is 0 Å². The van der Waals surface area contributed by atoms with Crippen molar-refractivity contribution in [3.05, 3.63) is 64.2 Å². The zero-order valence-electron chi connectivity index (χ0n) is 9.91. The molecule has 0 bridgehead atoms. The van der Waals surface area contributed by atoms with E-state index in [-0.39, 0.29) is 0 Å². The van der Waals surface area contributed by atoms with Crippen LogP contribution in [0.4, 0.5) is 5.69 Å². The lowest BCUT2D eigenvalue weighted by atomic mass is 10.0. The molecule has 0 aromatic heterocycles. The Labute approximate surface area is 107 Å². The molecular weight excluding hydrogens is 230 g/mol. The third-order valence-corrected chi connectivity index (χ3v) is 3.53. The molecule has 0 atom stereocenters. The van der Waals surface area contributed by atoms with Crippen LogP contribution in [0.3, 0.4) is 0 Å². The van der Waals surface area contributed by atoms with Crippen molar-refractivity contribution in [1.29, 1.82) is 0 Å². The minimum absolute atomic E-state index is 0.858. The number of nitrogens with two attached hydrogens (primary N) is 1. The fourth-order valence-electron chi connectivity index (χ4n) is 1.93. The van der Waals surface area contributed by atoms with E-state index in [0.717, 1.165) is 29.1 Å². The summed E-state index contributed by atoms with van der Waals surface area (Å²) in [4.78, 5) is 0.